The lowest BCUT2D eigenvalue weighted by atomic mass is 10.1. The Bertz CT molecular complexity index is 696. The molecule has 2 aromatic rings. The van der Waals surface area contributed by atoms with Gasteiger partial charge in [-0.2, -0.15) is 0 Å². The van der Waals surface area contributed by atoms with E-state index >= 15 is 0 Å². The third-order valence-electron chi connectivity index (χ3n) is 2.73. The molecule has 2 rings (SSSR count). The second-order valence-electron chi connectivity index (χ2n) is 4.42. The van der Waals surface area contributed by atoms with E-state index in [1.165, 1.54) is 6.92 Å². The van der Waals surface area contributed by atoms with Crippen LogP contribution in [-0.4, -0.2) is 18.4 Å². The van der Waals surface area contributed by atoms with Crippen molar-refractivity contribution in [2.75, 3.05) is 6.61 Å². The lowest BCUT2D eigenvalue weighted by molar-refractivity contribution is -0.136. The summed E-state index contributed by atoms with van der Waals surface area (Å²) in [5, 5.41) is 0. The molecule has 6 heteroatoms. The van der Waals surface area contributed by atoms with Gasteiger partial charge in [-0.1, -0.05) is 15.9 Å². The van der Waals surface area contributed by atoms with E-state index < -0.39 is 5.97 Å². The summed E-state index contributed by atoms with van der Waals surface area (Å²) in [7, 11) is 0. The summed E-state index contributed by atoms with van der Waals surface area (Å²) in [4.78, 5) is 22.9. The van der Waals surface area contributed by atoms with Gasteiger partial charge in [-0.3, -0.25) is 4.79 Å². The molecule has 4 nitrogen and oxygen atoms in total. The Kier molecular flexibility index (Phi) is 5.74. The van der Waals surface area contributed by atoms with Crippen LogP contribution >= 0.6 is 31.9 Å². The van der Waals surface area contributed by atoms with Crippen molar-refractivity contribution >= 4 is 43.6 Å². The van der Waals surface area contributed by atoms with Crippen molar-refractivity contribution in [2.45, 2.75) is 6.92 Å². The van der Waals surface area contributed by atoms with E-state index in [9.17, 15) is 9.59 Å². The number of rotatable bonds is 5. The van der Waals surface area contributed by atoms with Crippen molar-refractivity contribution < 1.29 is 19.1 Å². The summed E-state index contributed by atoms with van der Waals surface area (Å²) in [6.07, 6.45) is 0. The predicted octanol–water partition coefficient (Wildman–Crippen LogP) is 4.40. The second kappa shape index (κ2) is 7.56. The van der Waals surface area contributed by atoms with Crippen molar-refractivity contribution in [1.82, 2.24) is 0 Å². The Balaban J connectivity index is 1.91. The van der Waals surface area contributed by atoms with Gasteiger partial charge in [-0.15, -0.1) is 0 Å². The molecule has 0 fully saturated rings. The molecule has 0 spiro atoms. The van der Waals surface area contributed by atoms with E-state index in [4.69, 9.17) is 9.47 Å². The summed E-state index contributed by atoms with van der Waals surface area (Å²) >= 11 is 6.68. The van der Waals surface area contributed by atoms with Crippen molar-refractivity contribution in [3.8, 4) is 11.5 Å². The molecule has 0 aliphatic carbocycles. The summed E-state index contributed by atoms with van der Waals surface area (Å²) in [5.41, 5.74) is 0.565. The number of esters is 1. The van der Waals surface area contributed by atoms with Crippen molar-refractivity contribution in [2.24, 2.45) is 0 Å². The Hall–Kier alpha value is -1.66. The molecular weight excluding hydrogens is 416 g/mol. The standard InChI is InChI=1S/C16H12Br2O4/c1-10(19)11-2-5-13(6-3-11)22-16(20)9-21-15-7-4-12(17)8-14(15)18/h2-8H,9H2,1H3. The number of benzene rings is 2. The minimum absolute atomic E-state index is 0.0405. The van der Waals surface area contributed by atoms with Crippen LogP contribution in [0.3, 0.4) is 0 Å². The van der Waals surface area contributed by atoms with Crippen molar-refractivity contribution in [3.05, 3.63) is 57.0 Å². The molecule has 0 radical (unpaired) electrons. The number of halogens is 2. The zero-order valence-electron chi connectivity index (χ0n) is 11.6. The fraction of sp³-hybridized carbons (Fsp3) is 0.125. The molecule has 22 heavy (non-hydrogen) atoms. The first-order chi connectivity index (χ1) is 10.5. The van der Waals surface area contributed by atoms with Crippen LogP contribution in [0.5, 0.6) is 11.5 Å². The van der Waals surface area contributed by atoms with Gasteiger partial charge in [0, 0.05) is 10.0 Å². The van der Waals surface area contributed by atoms with Crippen LogP contribution in [0.25, 0.3) is 0 Å². The van der Waals surface area contributed by atoms with Crippen LogP contribution in [0.4, 0.5) is 0 Å². The topological polar surface area (TPSA) is 52.6 Å². The van der Waals surface area contributed by atoms with Gasteiger partial charge >= 0.3 is 5.97 Å². The van der Waals surface area contributed by atoms with Crippen LogP contribution in [-0.2, 0) is 4.79 Å². The Morgan fingerprint density at radius 1 is 1.05 bits per heavy atom. The number of carbonyl (C=O) groups is 2. The molecular formula is C16H12Br2O4. The molecule has 2 aromatic carbocycles. The van der Waals surface area contributed by atoms with Gasteiger partial charge in [0.2, 0.25) is 0 Å². The summed E-state index contributed by atoms with van der Waals surface area (Å²) < 4.78 is 12.2. The molecule has 0 amide bonds. The van der Waals surface area contributed by atoms with Crippen LogP contribution in [0.15, 0.2) is 51.4 Å². The van der Waals surface area contributed by atoms with Crippen LogP contribution in [0.1, 0.15) is 17.3 Å². The minimum atomic E-state index is -0.523. The highest BCUT2D eigenvalue weighted by Crippen LogP contribution is 2.28. The number of ketones is 1. The van der Waals surface area contributed by atoms with Gasteiger partial charge in [-0.05, 0) is 65.3 Å². The van der Waals surface area contributed by atoms with E-state index in [-0.39, 0.29) is 12.4 Å². The van der Waals surface area contributed by atoms with Crippen molar-refractivity contribution in [1.29, 1.82) is 0 Å². The molecule has 0 aliphatic rings. The number of ether oxygens (including phenoxy) is 2. The Morgan fingerprint density at radius 3 is 2.32 bits per heavy atom. The van der Waals surface area contributed by atoms with Crippen LogP contribution in [0, 0.1) is 0 Å². The molecule has 0 aromatic heterocycles. The molecule has 0 heterocycles. The third-order valence-corrected chi connectivity index (χ3v) is 3.84. The molecule has 0 saturated carbocycles. The monoisotopic (exact) mass is 426 g/mol. The third kappa shape index (κ3) is 4.68. The first kappa shape index (κ1) is 16.7. The van der Waals surface area contributed by atoms with Crippen LogP contribution in [0.2, 0.25) is 0 Å². The fourth-order valence-electron chi connectivity index (χ4n) is 1.65. The van der Waals surface area contributed by atoms with Crippen molar-refractivity contribution in [3.63, 3.8) is 0 Å². The highest BCUT2D eigenvalue weighted by molar-refractivity contribution is 9.11. The lowest BCUT2D eigenvalue weighted by Crippen LogP contribution is -2.17. The zero-order chi connectivity index (χ0) is 16.1. The van der Waals surface area contributed by atoms with Gasteiger partial charge in [0.05, 0.1) is 4.47 Å². The minimum Gasteiger partial charge on any atom is -0.481 e. The maximum atomic E-state index is 11.7. The fourth-order valence-corrected chi connectivity index (χ4v) is 2.81. The van der Waals surface area contributed by atoms with Crippen LogP contribution < -0.4 is 9.47 Å². The van der Waals surface area contributed by atoms with Gasteiger partial charge in [-0.25, -0.2) is 4.79 Å². The highest BCUT2D eigenvalue weighted by atomic mass is 79.9. The normalized spacial score (nSPS) is 10.1. The molecule has 0 aliphatic heterocycles. The van der Waals surface area contributed by atoms with Gasteiger partial charge in [0.25, 0.3) is 0 Å². The largest absolute Gasteiger partial charge is 0.481 e. The second-order valence-corrected chi connectivity index (χ2v) is 6.19. The van der Waals surface area contributed by atoms with E-state index in [0.717, 1.165) is 8.95 Å². The number of carbonyl (C=O) groups excluding carboxylic acids is 2. The predicted molar refractivity (Wildman–Crippen MR) is 89.4 cm³/mol. The van der Waals surface area contributed by atoms with Gasteiger partial charge < -0.3 is 9.47 Å². The number of hydrogen-bond acceptors (Lipinski definition) is 4. The summed E-state index contributed by atoms with van der Waals surface area (Å²) in [5.74, 6) is 0.354. The lowest BCUT2D eigenvalue weighted by Gasteiger charge is -2.08. The smallest absolute Gasteiger partial charge is 0.349 e. The van der Waals surface area contributed by atoms with E-state index in [1.807, 2.05) is 12.1 Å². The van der Waals surface area contributed by atoms with E-state index in [0.29, 0.717) is 17.1 Å². The molecule has 0 saturated heterocycles. The van der Waals surface area contributed by atoms with E-state index in [1.54, 1.807) is 30.3 Å². The first-order valence-corrected chi connectivity index (χ1v) is 7.94. The molecule has 0 N–H and O–H groups in total. The Morgan fingerprint density at radius 2 is 1.73 bits per heavy atom. The maximum Gasteiger partial charge on any atom is 0.349 e. The number of Topliss-reactive ketones (excluding diaryl/α,β-unsaturated/α-hetero) is 1. The first-order valence-electron chi connectivity index (χ1n) is 6.35. The average Bonchev–Trinajstić information content (AvgIpc) is 2.47. The maximum absolute atomic E-state index is 11.7. The zero-order valence-corrected chi connectivity index (χ0v) is 14.8. The summed E-state index contributed by atoms with van der Waals surface area (Å²) in [6, 6.07) is 11.7. The quantitative estimate of drug-likeness (QED) is 0.403. The SMILES string of the molecule is CC(=O)c1ccc(OC(=O)COc2ccc(Br)cc2Br)cc1. The average molecular weight is 428 g/mol. The summed E-state index contributed by atoms with van der Waals surface area (Å²) in [6.45, 7) is 1.26. The molecule has 0 bridgehead atoms. The molecule has 0 atom stereocenters. The molecule has 0 unspecified atom stereocenters. The Labute approximate surface area is 144 Å². The van der Waals surface area contributed by atoms with Gasteiger partial charge in [0.15, 0.2) is 12.4 Å². The van der Waals surface area contributed by atoms with E-state index in [2.05, 4.69) is 31.9 Å². The number of hydrogen-bond donors (Lipinski definition) is 0. The van der Waals surface area contributed by atoms with Gasteiger partial charge in [0.1, 0.15) is 11.5 Å². The molecule has 114 valence electrons. The highest BCUT2D eigenvalue weighted by Gasteiger charge is 2.09.